The van der Waals surface area contributed by atoms with E-state index in [9.17, 15) is 9.59 Å². The summed E-state index contributed by atoms with van der Waals surface area (Å²) in [6.45, 7) is 3.69. The number of hydrogen-bond donors (Lipinski definition) is 2. The lowest BCUT2D eigenvalue weighted by atomic mass is 10.1. The van der Waals surface area contributed by atoms with Crippen LogP contribution in [0.5, 0.6) is 5.75 Å². The van der Waals surface area contributed by atoms with Crippen molar-refractivity contribution in [3.63, 3.8) is 0 Å². The van der Waals surface area contributed by atoms with Gasteiger partial charge in [-0.2, -0.15) is 0 Å². The van der Waals surface area contributed by atoms with Gasteiger partial charge < -0.3 is 9.15 Å². The highest BCUT2D eigenvalue weighted by atomic mass is 16.5. The fourth-order valence-electron chi connectivity index (χ4n) is 2.48. The zero-order valence-corrected chi connectivity index (χ0v) is 15.0. The Balaban J connectivity index is 1.46. The number of carbonyl (C=O) groups excluding carboxylic acids is 2. The van der Waals surface area contributed by atoms with Gasteiger partial charge in [0.25, 0.3) is 11.8 Å². The molecule has 0 unspecified atom stereocenters. The lowest BCUT2D eigenvalue weighted by molar-refractivity contribution is -0.128. The van der Waals surface area contributed by atoms with Crippen LogP contribution in [0, 0.1) is 13.8 Å². The Kier molecular flexibility index (Phi) is 5.51. The molecule has 1 heterocycles. The molecule has 0 saturated carbocycles. The molecule has 0 aliphatic carbocycles. The van der Waals surface area contributed by atoms with Crippen LogP contribution in [0.1, 0.15) is 17.0 Å². The van der Waals surface area contributed by atoms with Crippen LogP contribution in [-0.2, 0) is 9.59 Å². The number of nitrogens with zero attached hydrogens (tertiary/aromatic N) is 1. The maximum atomic E-state index is 11.8. The molecule has 0 atom stereocenters. The second kappa shape index (κ2) is 8.18. The molecule has 7 heteroatoms. The Morgan fingerprint density at radius 1 is 1.11 bits per heavy atom. The van der Waals surface area contributed by atoms with E-state index in [1.165, 1.54) is 12.2 Å². The first kappa shape index (κ1) is 18.2. The van der Waals surface area contributed by atoms with Crippen molar-refractivity contribution in [1.82, 2.24) is 15.8 Å². The summed E-state index contributed by atoms with van der Waals surface area (Å²) in [7, 11) is 0. The minimum Gasteiger partial charge on any atom is -0.484 e. The molecule has 0 radical (unpaired) electrons. The number of fused-ring (bicyclic) bond motifs is 1. The Bertz CT molecular complexity index is 954. The SMILES string of the molecule is Cc1cc(C)cc(OCC(=O)NNC(=O)/C=C/c2nc3ccccc3o2)c1. The number of hydrogen-bond acceptors (Lipinski definition) is 5. The Labute approximate surface area is 156 Å². The number of oxazole rings is 1. The number of para-hydroxylation sites is 2. The first-order chi connectivity index (χ1) is 13.0. The number of aromatic nitrogens is 1. The van der Waals surface area contributed by atoms with E-state index in [4.69, 9.17) is 9.15 Å². The number of amides is 2. The van der Waals surface area contributed by atoms with E-state index in [1.807, 2.05) is 50.2 Å². The van der Waals surface area contributed by atoms with Crippen molar-refractivity contribution < 1.29 is 18.7 Å². The van der Waals surface area contributed by atoms with E-state index in [0.29, 0.717) is 22.7 Å². The second-order valence-electron chi connectivity index (χ2n) is 6.00. The van der Waals surface area contributed by atoms with Crippen LogP contribution < -0.4 is 15.6 Å². The molecule has 1 aromatic heterocycles. The number of benzene rings is 2. The van der Waals surface area contributed by atoms with Crippen molar-refractivity contribution in [2.24, 2.45) is 0 Å². The van der Waals surface area contributed by atoms with Gasteiger partial charge in [0, 0.05) is 12.2 Å². The molecule has 0 aliphatic heterocycles. The van der Waals surface area contributed by atoms with Crippen molar-refractivity contribution in [1.29, 1.82) is 0 Å². The molecule has 0 aliphatic rings. The van der Waals surface area contributed by atoms with Gasteiger partial charge in [-0.05, 0) is 49.2 Å². The van der Waals surface area contributed by atoms with Crippen LogP contribution in [0.2, 0.25) is 0 Å². The molecular formula is C20H19N3O4. The minimum atomic E-state index is -0.517. The van der Waals surface area contributed by atoms with Gasteiger partial charge in [0.2, 0.25) is 5.89 Å². The average Bonchev–Trinajstić information content (AvgIpc) is 3.05. The highest BCUT2D eigenvalue weighted by Crippen LogP contribution is 2.16. The molecule has 0 spiro atoms. The molecule has 3 aromatic rings. The zero-order chi connectivity index (χ0) is 19.2. The summed E-state index contributed by atoms with van der Waals surface area (Å²) in [5.41, 5.74) is 7.98. The van der Waals surface area contributed by atoms with Crippen molar-refractivity contribution in [2.75, 3.05) is 6.61 Å². The third kappa shape index (κ3) is 5.18. The maximum Gasteiger partial charge on any atom is 0.276 e. The van der Waals surface area contributed by atoms with E-state index in [2.05, 4.69) is 15.8 Å². The van der Waals surface area contributed by atoms with E-state index in [1.54, 1.807) is 6.07 Å². The summed E-state index contributed by atoms with van der Waals surface area (Å²) in [4.78, 5) is 27.8. The topological polar surface area (TPSA) is 93.5 Å². The lowest BCUT2D eigenvalue weighted by Gasteiger charge is -2.09. The maximum absolute atomic E-state index is 11.8. The van der Waals surface area contributed by atoms with Crippen molar-refractivity contribution in [3.8, 4) is 5.75 Å². The third-order valence-electron chi connectivity index (χ3n) is 3.58. The molecular weight excluding hydrogens is 346 g/mol. The van der Waals surface area contributed by atoms with Crippen molar-refractivity contribution >= 4 is 29.0 Å². The fourth-order valence-corrected chi connectivity index (χ4v) is 2.48. The molecule has 2 aromatic carbocycles. The van der Waals surface area contributed by atoms with E-state index >= 15 is 0 Å². The number of carbonyl (C=O) groups is 2. The Morgan fingerprint density at radius 2 is 1.85 bits per heavy atom. The molecule has 0 fully saturated rings. The van der Waals surface area contributed by atoms with Gasteiger partial charge in [-0.25, -0.2) is 4.98 Å². The van der Waals surface area contributed by atoms with E-state index in [-0.39, 0.29) is 6.61 Å². The highest BCUT2D eigenvalue weighted by molar-refractivity contribution is 5.93. The summed E-state index contributed by atoms with van der Waals surface area (Å²) in [5.74, 6) is -0.0876. The molecule has 27 heavy (non-hydrogen) atoms. The van der Waals surface area contributed by atoms with Gasteiger partial charge in [-0.3, -0.25) is 20.4 Å². The van der Waals surface area contributed by atoms with Crippen LogP contribution in [-0.4, -0.2) is 23.4 Å². The van der Waals surface area contributed by atoms with Crippen LogP contribution in [0.15, 0.2) is 53.0 Å². The monoisotopic (exact) mass is 365 g/mol. The van der Waals surface area contributed by atoms with Crippen molar-refractivity contribution in [2.45, 2.75) is 13.8 Å². The largest absolute Gasteiger partial charge is 0.484 e. The van der Waals surface area contributed by atoms with Gasteiger partial charge in [-0.15, -0.1) is 0 Å². The van der Waals surface area contributed by atoms with Crippen LogP contribution in [0.3, 0.4) is 0 Å². The molecule has 138 valence electrons. The molecule has 2 N–H and O–H groups in total. The highest BCUT2D eigenvalue weighted by Gasteiger charge is 2.06. The normalized spacial score (nSPS) is 10.9. The molecule has 3 rings (SSSR count). The van der Waals surface area contributed by atoms with Gasteiger partial charge in [0.1, 0.15) is 11.3 Å². The number of nitrogens with one attached hydrogen (secondary N) is 2. The summed E-state index contributed by atoms with van der Waals surface area (Å²) >= 11 is 0. The summed E-state index contributed by atoms with van der Waals surface area (Å²) in [6.07, 6.45) is 2.64. The summed E-state index contributed by atoms with van der Waals surface area (Å²) in [5, 5.41) is 0. The number of rotatable bonds is 5. The lowest BCUT2D eigenvalue weighted by Crippen LogP contribution is -2.43. The molecule has 0 saturated heterocycles. The Morgan fingerprint density at radius 3 is 2.59 bits per heavy atom. The van der Waals surface area contributed by atoms with Crippen LogP contribution in [0.4, 0.5) is 0 Å². The van der Waals surface area contributed by atoms with E-state index in [0.717, 1.165) is 11.1 Å². The molecule has 2 amide bonds. The van der Waals surface area contributed by atoms with Crippen LogP contribution in [0.25, 0.3) is 17.2 Å². The first-order valence-electron chi connectivity index (χ1n) is 8.33. The van der Waals surface area contributed by atoms with Crippen LogP contribution >= 0.6 is 0 Å². The fraction of sp³-hybridized carbons (Fsp3) is 0.150. The molecule has 7 nitrogen and oxygen atoms in total. The minimum absolute atomic E-state index is 0.210. The van der Waals surface area contributed by atoms with Gasteiger partial charge in [0.05, 0.1) is 0 Å². The predicted octanol–water partition coefficient (Wildman–Crippen LogP) is 2.68. The summed E-state index contributed by atoms with van der Waals surface area (Å²) in [6, 6.07) is 13.0. The standard InChI is InChI=1S/C20H19N3O4/c1-13-9-14(2)11-15(10-13)26-12-19(25)23-22-18(24)7-8-20-21-16-5-3-4-6-17(16)27-20/h3-11H,12H2,1-2H3,(H,22,24)(H,23,25)/b8-7+. The van der Waals surface area contributed by atoms with Gasteiger partial charge in [-0.1, -0.05) is 18.2 Å². The quantitative estimate of drug-likeness (QED) is 0.536. The number of ether oxygens (including phenoxy) is 1. The van der Waals surface area contributed by atoms with Gasteiger partial charge in [0.15, 0.2) is 12.2 Å². The number of aryl methyl sites for hydroxylation is 2. The molecule has 0 bridgehead atoms. The first-order valence-corrected chi connectivity index (χ1v) is 8.33. The average molecular weight is 365 g/mol. The zero-order valence-electron chi connectivity index (χ0n) is 15.0. The van der Waals surface area contributed by atoms with E-state index < -0.39 is 11.8 Å². The predicted molar refractivity (Wildman–Crippen MR) is 101 cm³/mol. The Hall–Kier alpha value is -3.61. The third-order valence-corrected chi connectivity index (χ3v) is 3.58. The van der Waals surface area contributed by atoms with Crippen molar-refractivity contribution in [3.05, 3.63) is 65.6 Å². The van der Waals surface area contributed by atoms with Gasteiger partial charge >= 0.3 is 0 Å². The summed E-state index contributed by atoms with van der Waals surface area (Å²) < 4.78 is 10.9. The smallest absolute Gasteiger partial charge is 0.276 e. The second-order valence-corrected chi connectivity index (χ2v) is 6.00. The number of hydrazine groups is 1.